The number of aliphatic hydroxyl groups is 3. The minimum absolute atomic E-state index is 0.858. The molecule has 1 heterocycles. The van der Waals surface area contributed by atoms with Crippen molar-refractivity contribution in [1.29, 1.82) is 0 Å². The van der Waals surface area contributed by atoms with Gasteiger partial charge in [-0.15, -0.1) is 0 Å². The van der Waals surface area contributed by atoms with Gasteiger partial charge in [-0.25, -0.2) is 0 Å². The number of carbonyl (C=O) groups excluding carboxylic acids is 3. The monoisotopic (exact) mass is 294 g/mol. The van der Waals surface area contributed by atoms with Gasteiger partial charge < -0.3 is 20.1 Å². The van der Waals surface area contributed by atoms with E-state index in [0.717, 1.165) is 20.8 Å². The van der Waals surface area contributed by atoms with Crippen LogP contribution < -0.4 is 0 Å². The zero-order valence-corrected chi connectivity index (χ0v) is 11.4. The first-order chi connectivity index (χ1) is 8.50. The lowest BCUT2D eigenvalue weighted by Crippen LogP contribution is -2.70. The normalized spacial score (nSPS) is 42.2. The van der Waals surface area contributed by atoms with Gasteiger partial charge in [0.25, 0.3) is 0 Å². The molecule has 8 heteroatoms. The SMILES string of the molecule is CC(=O)C1(Cl)O[C@H](CO)[C@](O)(C(C)=O)[C@]1(O)C(C)=O. The van der Waals surface area contributed by atoms with E-state index >= 15 is 0 Å². The number of Topliss-reactive ketones (excluding diaryl/α,β-unsaturated/α-hetero) is 3. The Morgan fingerprint density at radius 1 is 1.11 bits per heavy atom. The molecule has 0 radical (unpaired) electrons. The van der Waals surface area contributed by atoms with Crippen molar-refractivity contribution in [3.05, 3.63) is 0 Å². The van der Waals surface area contributed by atoms with Gasteiger partial charge in [0.1, 0.15) is 6.10 Å². The molecule has 0 aromatic carbocycles. The van der Waals surface area contributed by atoms with Crippen molar-refractivity contribution >= 4 is 29.0 Å². The van der Waals surface area contributed by atoms with E-state index in [-0.39, 0.29) is 0 Å². The summed E-state index contributed by atoms with van der Waals surface area (Å²) in [6, 6.07) is 0. The number of alkyl halides is 1. The van der Waals surface area contributed by atoms with E-state index < -0.39 is 46.3 Å². The van der Waals surface area contributed by atoms with Crippen LogP contribution in [0.5, 0.6) is 0 Å². The maximum absolute atomic E-state index is 11.7. The summed E-state index contributed by atoms with van der Waals surface area (Å²) in [7, 11) is 0. The summed E-state index contributed by atoms with van der Waals surface area (Å²) in [4.78, 5) is 34.9. The molecule has 1 aliphatic rings. The summed E-state index contributed by atoms with van der Waals surface area (Å²) >= 11 is 5.84. The van der Waals surface area contributed by atoms with Gasteiger partial charge >= 0.3 is 0 Å². The van der Waals surface area contributed by atoms with Gasteiger partial charge in [0.15, 0.2) is 23.0 Å². The molecule has 108 valence electrons. The minimum atomic E-state index is -2.98. The first-order valence-electron chi connectivity index (χ1n) is 5.45. The van der Waals surface area contributed by atoms with Gasteiger partial charge in [0, 0.05) is 0 Å². The Morgan fingerprint density at radius 3 is 1.84 bits per heavy atom. The van der Waals surface area contributed by atoms with Crippen LogP contribution in [0.1, 0.15) is 20.8 Å². The molecule has 0 amide bonds. The zero-order chi connectivity index (χ0) is 15.2. The minimum Gasteiger partial charge on any atom is -0.394 e. The lowest BCUT2D eigenvalue weighted by atomic mass is 9.72. The fourth-order valence-electron chi connectivity index (χ4n) is 2.33. The van der Waals surface area contributed by atoms with Gasteiger partial charge in [-0.3, -0.25) is 14.4 Å². The van der Waals surface area contributed by atoms with Gasteiger partial charge in [0.05, 0.1) is 6.61 Å². The molecule has 1 rings (SSSR count). The first kappa shape index (κ1) is 16.2. The number of rotatable bonds is 4. The largest absolute Gasteiger partial charge is 0.394 e. The first-order valence-corrected chi connectivity index (χ1v) is 5.83. The third-order valence-electron chi connectivity index (χ3n) is 3.45. The number of ketones is 3. The molecule has 1 saturated heterocycles. The van der Waals surface area contributed by atoms with Crippen LogP contribution in [0.3, 0.4) is 0 Å². The molecule has 0 aromatic rings. The molecule has 0 aliphatic carbocycles. The van der Waals surface area contributed by atoms with Crippen molar-refractivity contribution in [1.82, 2.24) is 0 Å². The second-order valence-corrected chi connectivity index (χ2v) is 5.06. The fourth-order valence-corrected chi connectivity index (χ4v) is 2.71. The Kier molecular flexibility index (Phi) is 3.92. The van der Waals surface area contributed by atoms with Crippen LogP contribution >= 0.6 is 11.6 Å². The van der Waals surface area contributed by atoms with Crippen molar-refractivity contribution in [2.75, 3.05) is 6.61 Å². The molecule has 1 unspecified atom stereocenters. The topological polar surface area (TPSA) is 121 Å². The van der Waals surface area contributed by atoms with Crippen LogP contribution in [-0.4, -0.2) is 61.6 Å². The van der Waals surface area contributed by atoms with Gasteiger partial charge in [-0.1, -0.05) is 11.6 Å². The molecule has 0 bridgehead atoms. The van der Waals surface area contributed by atoms with Crippen LogP contribution in [0, 0.1) is 0 Å². The Morgan fingerprint density at radius 2 is 1.58 bits per heavy atom. The van der Waals surface area contributed by atoms with E-state index in [4.69, 9.17) is 21.4 Å². The third kappa shape index (κ3) is 1.70. The van der Waals surface area contributed by atoms with Crippen LogP contribution in [0.4, 0.5) is 0 Å². The van der Waals surface area contributed by atoms with Crippen LogP contribution in [0.2, 0.25) is 0 Å². The summed E-state index contributed by atoms with van der Waals surface area (Å²) in [6.07, 6.45) is -1.69. The molecule has 3 N–H and O–H groups in total. The second kappa shape index (κ2) is 4.60. The molecule has 0 spiro atoms. The van der Waals surface area contributed by atoms with Gasteiger partial charge in [0.2, 0.25) is 10.7 Å². The van der Waals surface area contributed by atoms with Crippen LogP contribution in [0.15, 0.2) is 0 Å². The Labute approximate surface area is 114 Å². The molecule has 0 aromatic heterocycles. The maximum Gasteiger partial charge on any atom is 0.240 e. The molecule has 4 atom stereocenters. The lowest BCUT2D eigenvalue weighted by Gasteiger charge is -2.38. The number of hydrogen-bond acceptors (Lipinski definition) is 7. The van der Waals surface area contributed by atoms with E-state index in [2.05, 4.69) is 0 Å². The van der Waals surface area contributed by atoms with Crippen molar-refractivity contribution in [2.24, 2.45) is 0 Å². The molecular formula is C11H15ClO7. The Balaban J connectivity index is 3.66. The van der Waals surface area contributed by atoms with Crippen molar-refractivity contribution in [2.45, 2.75) is 43.1 Å². The summed E-state index contributed by atoms with van der Waals surface area (Å²) < 4.78 is 4.94. The molecule has 19 heavy (non-hydrogen) atoms. The van der Waals surface area contributed by atoms with E-state index in [1.165, 1.54) is 0 Å². The summed E-state index contributed by atoms with van der Waals surface area (Å²) in [6.45, 7) is 1.77. The average Bonchev–Trinajstić information content (AvgIpc) is 2.50. The highest BCUT2D eigenvalue weighted by Crippen LogP contribution is 2.50. The summed E-state index contributed by atoms with van der Waals surface area (Å²) in [5, 5.41) is 27.3. The number of carbonyl (C=O) groups is 3. The quantitative estimate of drug-likeness (QED) is 0.542. The molecule has 1 fully saturated rings. The highest BCUT2D eigenvalue weighted by Gasteiger charge is 2.79. The highest BCUT2D eigenvalue weighted by atomic mass is 35.5. The predicted molar refractivity (Wildman–Crippen MR) is 62.5 cm³/mol. The van der Waals surface area contributed by atoms with Crippen molar-refractivity contribution < 1.29 is 34.4 Å². The Bertz CT molecular complexity index is 450. The summed E-state index contributed by atoms with van der Waals surface area (Å²) in [5.74, 6) is -3.14. The molecule has 0 saturated carbocycles. The number of halogens is 1. The second-order valence-electron chi connectivity index (χ2n) is 4.53. The molecule has 7 nitrogen and oxygen atoms in total. The predicted octanol–water partition coefficient (Wildman–Crippen LogP) is -1.46. The van der Waals surface area contributed by atoms with E-state index in [9.17, 15) is 24.6 Å². The molecular weight excluding hydrogens is 280 g/mol. The van der Waals surface area contributed by atoms with E-state index in [1.807, 2.05) is 0 Å². The number of aliphatic hydroxyl groups excluding tert-OH is 1. The Hall–Kier alpha value is -0.860. The number of hydrogen-bond donors (Lipinski definition) is 3. The fraction of sp³-hybridized carbons (Fsp3) is 0.727. The van der Waals surface area contributed by atoms with E-state index in [1.54, 1.807) is 0 Å². The zero-order valence-electron chi connectivity index (χ0n) is 10.6. The van der Waals surface area contributed by atoms with Gasteiger partial charge in [-0.05, 0) is 20.8 Å². The van der Waals surface area contributed by atoms with Crippen molar-refractivity contribution in [3.8, 4) is 0 Å². The van der Waals surface area contributed by atoms with Crippen molar-refractivity contribution in [3.63, 3.8) is 0 Å². The van der Waals surface area contributed by atoms with E-state index in [0.29, 0.717) is 0 Å². The van der Waals surface area contributed by atoms with Crippen LogP contribution in [-0.2, 0) is 19.1 Å². The number of ether oxygens (including phenoxy) is 1. The standard InChI is InChI=1S/C11H15ClO7/c1-5(14)9(17)8(4-13)19-11(12,7(3)16)10(9,18)6(2)15/h8,13,17-18H,4H2,1-3H3/t8-,9-,10-,11?/m1/s1. The van der Waals surface area contributed by atoms with Gasteiger partial charge in [-0.2, -0.15) is 0 Å². The third-order valence-corrected chi connectivity index (χ3v) is 4.08. The maximum atomic E-state index is 11.7. The average molecular weight is 295 g/mol. The lowest BCUT2D eigenvalue weighted by molar-refractivity contribution is -0.181. The molecule has 1 aliphatic heterocycles. The smallest absolute Gasteiger partial charge is 0.240 e. The highest BCUT2D eigenvalue weighted by molar-refractivity contribution is 6.37. The summed E-state index contributed by atoms with van der Waals surface area (Å²) in [5.41, 5.74) is -5.78. The van der Waals surface area contributed by atoms with Crippen LogP contribution in [0.25, 0.3) is 0 Å².